The lowest BCUT2D eigenvalue weighted by molar-refractivity contribution is 0.0377. The molecule has 0 atom stereocenters. The van der Waals surface area contributed by atoms with Gasteiger partial charge in [-0.2, -0.15) is 5.10 Å². The molecule has 0 saturated heterocycles. The third-order valence-corrected chi connectivity index (χ3v) is 5.75. The predicted octanol–water partition coefficient (Wildman–Crippen LogP) is 3.35. The molecule has 0 spiro atoms. The molecule has 1 aliphatic rings. The Bertz CT molecular complexity index is 944. The summed E-state index contributed by atoms with van der Waals surface area (Å²) in [6.45, 7) is 5.51. The largest absolute Gasteiger partial charge is 0.461 e. The Kier molecular flexibility index (Phi) is 6.36. The normalized spacial score (nSPS) is 13.1. The zero-order valence-electron chi connectivity index (χ0n) is 17.0. The maximum Gasteiger partial charge on any atom is 0.358 e. The molecule has 0 unspecified atom stereocenters. The van der Waals surface area contributed by atoms with Gasteiger partial charge in [0.1, 0.15) is 10.7 Å². The number of aryl methyl sites for hydroxylation is 2. The van der Waals surface area contributed by atoms with Gasteiger partial charge in [-0.25, -0.2) is 9.59 Å². The summed E-state index contributed by atoms with van der Waals surface area (Å²) in [7, 11) is 1.57. The number of aromatic nitrogens is 2. The van der Waals surface area contributed by atoms with Crippen LogP contribution in [0, 0.1) is 0 Å². The highest BCUT2D eigenvalue weighted by Gasteiger charge is 2.29. The van der Waals surface area contributed by atoms with Crippen LogP contribution < -0.4 is 5.32 Å². The number of esters is 2. The zero-order valence-corrected chi connectivity index (χ0v) is 17.9. The van der Waals surface area contributed by atoms with Gasteiger partial charge in [0, 0.05) is 18.0 Å². The van der Waals surface area contributed by atoms with Crippen molar-refractivity contribution in [2.45, 2.75) is 52.6 Å². The van der Waals surface area contributed by atoms with E-state index < -0.39 is 17.8 Å². The zero-order chi connectivity index (χ0) is 21.1. The van der Waals surface area contributed by atoms with Gasteiger partial charge in [0.25, 0.3) is 5.91 Å². The molecule has 3 rings (SSSR count). The van der Waals surface area contributed by atoms with E-state index in [-0.39, 0.29) is 24.1 Å². The summed E-state index contributed by atoms with van der Waals surface area (Å²) in [6, 6.07) is 1.38. The highest BCUT2D eigenvalue weighted by Crippen LogP contribution is 2.39. The topological polar surface area (TPSA) is 99.5 Å². The van der Waals surface area contributed by atoms with E-state index in [0.717, 1.165) is 36.1 Å². The van der Waals surface area contributed by atoms with E-state index in [2.05, 4.69) is 10.4 Å². The number of nitrogens with zero attached hydrogens (tertiary/aromatic N) is 2. The van der Waals surface area contributed by atoms with Crippen molar-refractivity contribution in [3.05, 3.63) is 33.5 Å². The highest BCUT2D eigenvalue weighted by molar-refractivity contribution is 7.17. The Hall–Kier alpha value is -2.68. The first-order valence-corrected chi connectivity index (χ1v) is 10.5. The van der Waals surface area contributed by atoms with E-state index in [1.165, 1.54) is 22.1 Å². The van der Waals surface area contributed by atoms with E-state index in [9.17, 15) is 14.4 Å². The number of ether oxygens (including phenoxy) is 2. The van der Waals surface area contributed by atoms with Crippen LogP contribution in [-0.2, 0) is 29.4 Å². The van der Waals surface area contributed by atoms with E-state index in [1.807, 2.05) is 0 Å². The Labute approximate surface area is 173 Å². The predicted molar refractivity (Wildman–Crippen MR) is 109 cm³/mol. The van der Waals surface area contributed by atoms with Crippen molar-refractivity contribution >= 4 is 34.2 Å². The molecule has 0 saturated carbocycles. The summed E-state index contributed by atoms with van der Waals surface area (Å²) < 4.78 is 11.7. The minimum Gasteiger partial charge on any atom is -0.461 e. The maximum atomic E-state index is 12.9. The van der Waals surface area contributed by atoms with Crippen LogP contribution in [0.4, 0.5) is 5.00 Å². The lowest BCUT2D eigenvalue weighted by Crippen LogP contribution is -2.19. The number of carbonyl (C=O) groups excluding carboxylic acids is 3. The Morgan fingerprint density at radius 3 is 2.66 bits per heavy atom. The molecule has 1 aliphatic carbocycles. The number of amides is 1. The molecule has 1 amide bonds. The molecule has 156 valence electrons. The fourth-order valence-corrected chi connectivity index (χ4v) is 4.57. The van der Waals surface area contributed by atoms with Gasteiger partial charge in [-0.3, -0.25) is 9.48 Å². The summed E-state index contributed by atoms with van der Waals surface area (Å²) in [6.07, 6.45) is 3.49. The van der Waals surface area contributed by atoms with Crippen molar-refractivity contribution in [2.75, 3.05) is 11.9 Å². The van der Waals surface area contributed by atoms with Gasteiger partial charge in [-0.15, -0.1) is 11.3 Å². The summed E-state index contributed by atoms with van der Waals surface area (Å²) in [5.74, 6) is -1.46. The summed E-state index contributed by atoms with van der Waals surface area (Å²) in [5.41, 5.74) is 1.67. The SMILES string of the molecule is CCOC(=O)c1cc(C(=O)Nc2sc3c(c2C(=O)OC(C)C)CCCC3)n(C)n1. The second kappa shape index (κ2) is 8.77. The minimum absolute atomic E-state index is 0.0596. The molecule has 0 aliphatic heterocycles. The third-order valence-electron chi connectivity index (χ3n) is 4.54. The van der Waals surface area contributed by atoms with Crippen molar-refractivity contribution in [1.82, 2.24) is 9.78 Å². The lowest BCUT2D eigenvalue weighted by Gasteiger charge is -2.14. The summed E-state index contributed by atoms with van der Waals surface area (Å²) in [4.78, 5) is 38.6. The Morgan fingerprint density at radius 2 is 1.97 bits per heavy atom. The molecular formula is C20H25N3O5S. The van der Waals surface area contributed by atoms with Crippen LogP contribution in [0.2, 0.25) is 0 Å². The van der Waals surface area contributed by atoms with Crippen LogP contribution in [0.3, 0.4) is 0 Å². The minimum atomic E-state index is -0.588. The van der Waals surface area contributed by atoms with Gasteiger partial charge in [-0.05, 0) is 52.0 Å². The van der Waals surface area contributed by atoms with Gasteiger partial charge in [-0.1, -0.05) is 0 Å². The molecule has 1 N–H and O–H groups in total. The lowest BCUT2D eigenvalue weighted by atomic mass is 9.95. The van der Waals surface area contributed by atoms with Crippen LogP contribution in [0.1, 0.15) is 75.4 Å². The molecule has 2 heterocycles. The number of fused-ring (bicyclic) bond motifs is 1. The van der Waals surface area contributed by atoms with E-state index >= 15 is 0 Å². The quantitative estimate of drug-likeness (QED) is 0.721. The van der Waals surface area contributed by atoms with Gasteiger partial charge in [0.15, 0.2) is 5.69 Å². The average molecular weight is 420 g/mol. The van der Waals surface area contributed by atoms with Crippen LogP contribution in [0.15, 0.2) is 6.07 Å². The number of rotatable bonds is 6. The maximum absolute atomic E-state index is 12.9. The summed E-state index contributed by atoms with van der Waals surface area (Å²) in [5, 5.41) is 7.35. The van der Waals surface area contributed by atoms with Crippen molar-refractivity contribution in [1.29, 1.82) is 0 Å². The monoisotopic (exact) mass is 419 g/mol. The molecule has 9 heteroatoms. The first-order chi connectivity index (χ1) is 13.8. The van der Waals surface area contributed by atoms with Crippen LogP contribution in [0.5, 0.6) is 0 Å². The van der Waals surface area contributed by atoms with Crippen LogP contribution in [0.25, 0.3) is 0 Å². The number of nitrogens with one attached hydrogen (secondary N) is 1. The smallest absolute Gasteiger partial charge is 0.358 e. The molecule has 0 bridgehead atoms. The van der Waals surface area contributed by atoms with Gasteiger partial charge >= 0.3 is 11.9 Å². The fraction of sp³-hybridized carbons (Fsp3) is 0.500. The summed E-state index contributed by atoms with van der Waals surface area (Å²) >= 11 is 1.41. The fourth-order valence-electron chi connectivity index (χ4n) is 3.29. The average Bonchev–Trinajstić information content (AvgIpc) is 3.21. The number of carbonyl (C=O) groups is 3. The van der Waals surface area contributed by atoms with Crippen molar-refractivity contribution in [2.24, 2.45) is 7.05 Å². The van der Waals surface area contributed by atoms with E-state index in [1.54, 1.807) is 27.8 Å². The number of hydrogen-bond acceptors (Lipinski definition) is 7. The third kappa shape index (κ3) is 4.50. The molecule has 8 nitrogen and oxygen atoms in total. The number of hydrogen-bond donors (Lipinski definition) is 1. The van der Waals surface area contributed by atoms with E-state index in [0.29, 0.717) is 10.6 Å². The molecule has 0 fully saturated rings. The second-order valence-corrected chi connectivity index (χ2v) is 8.19. The first-order valence-electron chi connectivity index (χ1n) is 9.69. The van der Waals surface area contributed by atoms with Gasteiger partial charge < -0.3 is 14.8 Å². The van der Waals surface area contributed by atoms with Gasteiger partial charge in [0.2, 0.25) is 0 Å². The van der Waals surface area contributed by atoms with Crippen molar-refractivity contribution < 1.29 is 23.9 Å². The Balaban J connectivity index is 1.90. The van der Waals surface area contributed by atoms with Crippen molar-refractivity contribution in [3.8, 4) is 0 Å². The molecular weight excluding hydrogens is 394 g/mol. The second-order valence-electron chi connectivity index (χ2n) is 7.08. The van der Waals surface area contributed by atoms with Crippen LogP contribution >= 0.6 is 11.3 Å². The molecule has 2 aromatic rings. The Morgan fingerprint density at radius 1 is 1.24 bits per heavy atom. The van der Waals surface area contributed by atoms with Crippen LogP contribution in [-0.4, -0.2) is 40.3 Å². The standard InChI is InChI=1S/C20H25N3O5S/c1-5-27-19(25)13-10-14(23(4)22-13)17(24)21-18-16(20(26)28-11(2)3)12-8-6-7-9-15(12)29-18/h10-11H,5-9H2,1-4H3,(H,21,24). The van der Waals surface area contributed by atoms with E-state index in [4.69, 9.17) is 9.47 Å². The molecule has 29 heavy (non-hydrogen) atoms. The molecule has 0 aromatic carbocycles. The molecule has 2 aromatic heterocycles. The van der Waals surface area contributed by atoms with Crippen molar-refractivity contribution in [3.63, 3.8) is 0 Å². The molecule has 0 radical (unpaired) electrons. The number of thiophene rings is 1. The highest BCUT2D eigenvalue weighted by atomic mass is 32.1. The number of anilines is 1. The first kappa shape index (κ1) is 21.0. The van der Waals surface area contributed by atoms with Gasteiger partial charge in [0.05, 0.1) is 18.3 Å².